The van der Waals surface area contributed by atoms with E-state index >= 15 is 0 Å². The van der Waals surface area contributed by atoms with Crippen LogP contribution >= 0.6 is 0 Å². The van der Waals surface area contributed by atoms with E-state index in [1.54, 1.807) is 60.7 Å². The molecule has 0 fully saturated rings. The maximum Gasteiger partial charge on any atom is 0.335 e. The maximum atomic E-state index is 10.2. The molecule has 0 saturated heterocycles. The fraction of sp³-hybridized carbons (Fsp3) is 0.391. The number of carboxylic acid groups (broad SMARTS) is 2. The molecular weight excluding hydrogens is 372 g/mol. The van der Waals surface area contributed by atoms with E-state index in [1.165, 1.54) is 6.42 Å². The SMILES string of the molecule is CC(C)CC(C)CCC(O)O.O=C(O)c1ccccc1.O=C(O)c1ccccc1. The van der Waals surface area contributed by atoms with E-state index in [-0.39, 0.29) is 0 Å². The van der Waals surface area contributed by atoms with E-state index in [0.717, 1.165) is 6.42 Å². The average Bonchev–Trinajstić information content (AvgIpc) is 2.68. The first-order valence-corrected chi connectivity index (χ1v) is 9.56. The largest absolute Gasteiger partial charge is 0.478 e. The molecular formula is C23H32O6. The van der Waals surface area contributed by atoms with Crippen LogP contribution in [0.3, 0.4) is 0 Å². The van der Waals surface area contributed by atoms with Gasteiger partial charge in [-0.2, -0.15) is 0 Å². The number of hydrogen-bond donors (Lipinski definition) is 4. The minimum atomic E-state index is -1.12. The van der Waals surface area contributed by atoms with Gasteiger partial charge in [-0.25, -0.2) is 9.59 Å². The normalized spacial score (nSPS) is 11.0. The number of rotatable bonds is 7. The van der Waals surface area contributed by atoms with Crippen molar-refractivity contribution in [3.8, 4) is 0 Å². The number of aromatic carboxylic acids is 2. The van der Waals surface area contributed by atoms with Gasteiger partial charge in [0.2, 0.25) is 0 Å². The lowest BCUT2D eigenvalue weighted by Gasteiger charge is -2.13. The van der Waals surface area contributed by atoms with Crippen LogP contribution in [0.1, 0.15) is 60.7 Å². The molecule has 4 N–H and O–H groups in total. The minimum absolute atomic E-state index is 0.331. The fourth-order valence-corrected chi connectivity index (χ4v) is 2.52. The van der Waals surface area contributed by atoms with Gasteiger partial charge < -0.3 is 20.4 Å². The van der Waals surface area contributed by atoms with Gasteiger partial charge in [0.05, 0.1) is 11.1 Å². The highest BCUT2D eigenvalue weighted by Gasteiger charge is 2.06. The number of benzene rings is 2. The molecule has 0 saturated carbocycles. The highest BCUT2D eigenvalue weighted by molar-refractivity contribution is 5.87. The van der Waals surface area contributed by atoms with Crippen LogP contribution in [-0.2, 0) is 0 Å². The zero-order chi connectivity index (χ0) is 22.2. The van der Waals surface area contributed by atoms with Gasteiger partial charge >= 0.3 is 11.9 Å². The lowest BCUT2D eigenvalue weighted by molar-refractivity contribution is -0.0489. The van der Waals surface area contributed by atoms with Crippen LogP contribution in [-0.4, -0.2) is 38.7 Å². The molecule has 0 amide bonds. The Balaban J connectivity index is 0.000000408. The third-order valence-corrected chi connectivity index (χ3v) is 3.83. The fourth-order valence-electron chi connectivity index (χ4n) is 2.52. The Morgan fingerprint density at radius 2 is 1.10 bits per heavy atom. The van der Waals surface area contributed by atoms with Gasteiger partial charge in [-0.05, 0) is 55.4 Å². The molecule has 2 aromatic carbocycles. The van der Waals surface area contributed by atoms with Crippen LogP contribution in [0.4, 0.5) is 0 Å². The molecule has 0 bridgehead atoms. The van der Waals surface area contributed by atoms with Gasteiger partial charge in [0.25, 0.3) is 0 Å². The summed E-state index contributed by atoms with van der Waals surface area (Å²) < 4.78 is 0. The number of hydrogen-bond acceptors (Lipinski definition) is 4. The summed E-state index contributed by atoms with van der Waals surface area (Å²) in [7, 11) is 0. The third kappa shape index (κ3) is 15.0. The average molecular weight is 405 g/mol. The van der Waals surface area contributed by atoms with E-state index in [4.69, 9.17) is 20.4 Å². The Morgan fingerprint density at radius 3 is 1.34 bits per heavy atom. The molecule has 0 heterocycles. The lowest BCUT2D eigenvalue weighted by Crippen LogP contribution is -2.08. The van der Waals surface area contributed by atoms with Crippen molar-refractivity contribution in [3.63, 3.8) is 0 Å². The molecule has 0 aliphatic carbocycles. The van der Waals surface area contributed by atoms with E-state index in [0.29, 0.717) is 29.4 Å². The molecule has 160 valence electrons. The summed E-state index contributed by atoms with van der Waals surface area (Å²) in [5.74, 6) is -0.441. The second-order valence-electron chi connectivity index (χ2n) is 7.14. The van der Waals surface area contributed by atoms with Crippen molar-refractivity contribution in [2.24, 2.45) is 11.8 Å². The molecule has 2 aromatic rings. The van der Waals surface area contributed by atoms with Crippen LogP contribution in [0.15, 0.2) is 60.7 Å². The smallest absolute Gasteiger partial charge is 0.335 e. The molecule has 0 aliphatic heterocycles. The van der Waals surface area contributed by atoms with Gasteiger partial charge in [-0.15, -0.1) is 0 Å². The Morgan fingerprint density at radius 1 is 0.724 bits per heavy atom. The molecule has 0 radical (unpaired) electrons. The molecule has 0 aliphatic rings. The number of aliphatic hydroxyl groups is 2. The number of carboxylic acids is 2. The molecule has 0 spiro atoms. The molecule has 6 nitrogen and oxygen atoms in total. The zero-order valence-corrected chi connectivity index (χ0v) is 17.2. The first-order chi connectivity index (χ1) is 13.6. The monoisotopic (exact) mass is 404 g/mol. The predicted molar refractivity (Wildman–Crippen MR) is 113 cm³/mol. The van der Waals surface area contributed by atoms with Crippen molar-refractivity contribution in [1.82, 2.24) is 0 Å². The second-order valence-corrected chi connectivity index (χ2v) is 7.14. The van der Waals surface area contributed by atoms with Crippen molar-refractivity contribution in [1.29, 1.82) is 0 Å². The minimum Gasteiger partial charge on any atom is -0.478 e. The van der Waals surface area contributed by atoms with E-state index in [2.05, 4.69) is 20.8 Å². The molecule has 0 aromatic heterocycles. The standard InChI is InChI=1S/C9H20O2.2C7H6O2/c1-7(2)6-8(3)4-5-9(10)11;2*8-7(9)6-4-2-1-3-5-6/h7-11H,4-6H2,1-3H3;2*1-5H,(H,8,9). The Kier molecular flexibility index (Phi) is 13.8. The van der Waals surface area contributed by atoms with Crippen LogP contribution in [0.2, 0.25) is 0 Å². The molecule has 2 rings (SSSR count). The summed E-state index contributed by atoms with van der Waals surface area (Å²) in [6.45, 7) is 6.53. The Labute approximate surface area is 172 Å². The predicted octanol–water partition coefficient (Wildman–Crippen LogP) is 4.53. The van der Waals surface area contributed by atoms with Crippen molar-refractivity contribution in [2.45, 2.75) is 46.3 Å². The van der Waals surface area contributed by atoms with Crippen LogP contribution in [0.25, 0.3) is 0 Å². The first-order valence-electron chi connectivity index (χ1n) is 9.56. The van der Waals surface area contributed by atoms with Crippen LogP contribution in [0, 0.1) is 11.8 Å². The summed E-state index contributed by atoms with van der Waals surface area (Å²) in [5, 5.41) is 34.0. The zero-order valence-electron chi connectivity index (χ0n) is 17.2. The summed E-state index contributed by atoms with van der Waals surface area (Å²) in [4.78, 5) is 20.4. The Hall–Kier alpha value is -2.70. The van der Waals surface area contributed by atoms with E-state index in [1.807, 2.05) is 0 Å². The molecule has 1 atom stereocenters. The third-order valence-electron chi connectivity index (χ3n) is 3.83. The van der Waals surface area contributed by atoms with E-state index in [9.17, 15) is 9.59 Å². The number of aliphatic hydroxyl groups excluding tert-OH is 1. The van der Waals surface area contributed by atoms with Crippen LogP contribution in [0.5, 0.6) is 0 Å². The quantitative estimate of drug-likeness (QED) is 0.504. The van der Waals surface area contributed by atoms with Gasteiger partial charge in [0.1, 0.15) is 0 Å². The highest BCUT2D eigenvalue weighted by atomic mass is 16.5. The summed E-state index contributed by atoms with van der Waals surface area (Å²) in [6.07, 6.45) is 1.47. The van der Waals surface area contributed by atoms with Crippen molar-refractivity contribution in [2.75, 3.05) is 0 Å². The van der Waals surface area contributed by atoms with Gasteiger partial charge in [-0.3, -0.25) is 0 Å². The van der Waals surface area contributed by atoms with Gasteiger partial charge in [0.15, 0.2) is 6.29 Å². The summed E-state index contributed by atoms with van der Waals surface area (Å²) in [6, 6.07) is 16.6. The van der Waals surface area contributed by atoms with Crippen molar-refractivity contribution >= 4 is 11.9 Å². The summed E-state index contributed by atoms with van der Waals surface area (Å²) >= 11 is 0. The van der Waals surface area contributed by atoms with Gasteiger partial charge in [0, 0.05) is 0 Å². The Bertz CT molecular complexity index is 634. The topological polar surface area (TPSA) is 115 Å². The number of carbonyl (C=O) groups is 2. The molecule has 29 heavy (non-hydrogen) atoms. The summed E-state index contributed by atoms with van der Waals surface area (Å²) in [5.41, 5.74) is 0.662. The first kappa shape index (κ1) is 26.3. The van der Waals surface area contributed by atoms with Crippen molar-refractivity contribution < 1.29 is 30.0 Å². The molecule has 6 heteroatoms. The highest BCUT2D eigenvalue weighted by Crippen LogP contribution is 2.16. The second kappa shape index (κ2) is 15.2. The van der Waals surface area contributed by atoms with Gasteiger partial charge in [-0.1, -0.05) is 57.2 Å². The van der Waals surface area contributed by atoms with Crippen LogP contribution < -0.4 is 0 Å². The molecule has 1 unspecified atom stereocenters. The maximum absolute atomic E-state index is 10.2. The van der Waals surface area contributed by atoms with Crippen molar-refractivity contribution in [3.05, 3.63) is 71.8 Å². The van der Waals surface area contributed by atoms with E-state index < -0.39 is 18.2 Å². The lowest BCUT2D eigenvalue weighted by atomic mass is 9.95.